The fraction of sp³-hybridized carbons (Fsp3) is 0.625. The third-order valence-electron chi connectivity index (χ3n) is 3.49. The van der Waals surface area contributed by atoms with Crippen LogP contribution in [0.3, 0.4) is 0 Å². The summed E-state index contributed by atoms with van der Waals surface area (Å²) in [5, 5.41) is 0. The van der Waals surface area contributed by atoms with Crippen molar-refractivity contribution in [2.75, 3.05) is 6.61 Å². The Morgan fingerprint density at radius 1 is 1.21 bits per heavy atom. The highest BCUT2D eigenvalue weighted by Gasteiger charge is 2.22. The lowest BCUT2D eigenvalue weighted by Gasteiger charge is -2.27. The third-order valence-corrected chi connectivity index (χ3v) is 3.49. The smallest absolute Gasteiger partial charge is 0.168 e. The summed E-state index contributed by atoms with van der Waals surface area (Å²) in [6, 6.07) is 2.30. The molecular weight excluding hydrogens is 246 g/mol. The SMILES string of the molecule is CC(C)(C)Cc1cc(F)cc(F)c1OCC1CCC1. The molecular formula is C16H22F2O. The number of hydrogen-bond donors (Lipinski definition) is 0. The summed E-state index contributed by atoms with van der Waals surface area (Å²) in [5.41, 5.74) is 0.596. The van der Waals surface area contributed by atoms with E-state index in [1.54, 1.807) is 0 Å². The Balaban J connectivity index is 2.17. The fourth-order valence-electron chi connectivity index (χ4n) is 2.34. The number of rotatable bonds is 4. The Morgan fingerprint density at radius 2 is 1.89 bits per heavy atom. The molecule has 1 aliphatic rings. The predicted octanol–water partition coefficient (Wildman–Crippen LogP) is 4.73. The molecule has 0 amide bonds. The Kier molecular flexibility index (Phi) is 4.12. The average molecular weight is 268 g/mol. The van der Waals surface area contributed by atoms with Crippen LogP contribution in [0.15, 0.2) is 12.1 Å². The topological polar surface area (TPSA) is 9.23 Å². The molecule has 2 rings (SSSR count). The number of benzene rings is 1. The second-order valence-corrected chi connectivity index (χ2v) is 6.72. The highest BCUT2D eigenvalue weighted by atomic mass is 19.1. The fourth-order valence-corrected chi connectivity index (χ4v) is 2.34. The van der Waals surface area contributed by atoms with Gasteiger partial charge in [-0.3, -0.25) is 0 Å². The van der Waals surface area contributed by atoms with Crippen LogP contribution in [0.25, 0.3) is 0 Å². The summed E-state index contributed by atoms with van der Waals surface area (Å²) >= 11 is 0. The molecule has 0 heterocycles. The molecule has 106 valence electrons. The van der Waals surface area contributed by atoms with Crippen molar-refractivity contribution in [3.05, 3.63) is 29.3 Å². The Bertz CT molecular complexity index is 445. The van der Waals surface area contributed by atoms with Crippen LogP contribution >= 0.6 is 0 Å². The van der Waals surface area contributed by atoms with Crippen molar-refractivity contribution < 1.29 is 13.5 Å². The average Bonchev–Trinajstić information content (AvgIpc) is 2.16. The van der Waals surface area contributed by atoms with Gasteiger partial charge in [0, 0.05) is 11.6 Å². The normalized spacial score (nSPS) is 16.3. The molecule has 1 aromatic rings. The van der Waals surface area contributed by atoms with Gasteiger partial charge in [-0.2, -0.15) is 0 Å². The van der Waals surface area contributed by atoms with E-state index in [-0.39, 0.29) is 11.2 Å². The minimum atomic E-state index is -0.585. The largest absolute Gasteiger partial charge is 0.490 e. The first-order valence-electron chi connectivity index (χ1n) is 6.96. The Labute approximate surface area is 114 Å². The molecule has 0 unspecified atom stereocenters. The van der Waals surface area contributed by atoms with Crippen LogP contribution in [0.1, 0.15) is 45.6 Å². The zero-order valence-corrected chi connectivity index (χ0v) is 11.9. The highest BCUT2D eigenvalue weighted by molar-refractivity contribution is 5.36. The highest BCUT2D eigenvalue weighted by Crippen LogP contribution is 2.33. The predicted molar refractivity (Wildman–Crippen MR) is 72.4 cm³/mol. The van der Waals surface area contributed by atoms with E-state index in [9.17, 15) is 8.78 Å². The third kappa shape index (κ3) is 3.92. The van der Waals surface area contributed by atoms with Crippen LogP contribution in [0.2, 0.25) is 0 Å². The summed E-state index contributed by atoms with van der Waals surface area (Å²) in [7, 11) is 0. The minimum Gasteiger partial charge on any atom is -0.490 e. The first-order valence-corrected chi connectivity index (χ1v) is 6.96. The molecule has 0 saturated heterocycles. The first-order chi connectivity index (χ1) is 8.85. The van der Waals surface area contributed by atoms with Crippen LogP contribution in [-0.2, 0) is 6.42 Å². The lowest BCUT2D eigenvalue weighted by atomic mass is 9.86. The molecule has 0 atom stereocenters. The Morgan fingerprint density at radius 3 is 2.42 bits per heavy atom. The van der Waals surface area contributed by atoms with E-state index in [4.69, 9.17) is 4.74 Å². The number of halogens is 2. The van der Waals surface area contributed by atoms with Crippen molar-refractivity contribution in [3.63, 3.8) is 0 Å². The number of ether oxygens (including phenoxy) is 1. The van der Waals surface area contributed by atoms with E-state index in [0.717, 1.165) is 18.9 Å². The maximum Gasteiger partial charge on any atom is 0.168 e. The van der Waals surface area contributed by atoms with Crippen molar-refractivity contribution in [2.45, 2.75) is 46.5 Å². The molecule has 3 heteroatoms. The molecule has 1 aromatic carbocycles. The summed E-state index contributed by atoms with van der Waals surface area (Å²) in [6.45, 7) is 6.68. The molecule has 1 fully saturated rings. The van der Waals surface area contributed by atoms with Crippen molar-refractivity contribution in [1.29, 1.82) is 0 Å². The van der Waals surface area contributed by atoms with Gasteiger partial charge in [-0.05, 0) is 36.7 Å². The molecule has 0 N–H and O–H groups in total. The van der Waals surface area contributed by atoms with Gasteiger partial charge in [-0.25, -0.2) is 8.78 Å². The van der Waals surface area contributed by atoms with E-state index >= 15 is 0 Å². The van der Waals surface area contributed by atoms with Gasteiger partial charge in [0.05, 0.1) is 6.61 Å². The summed E-state index contributed by atoms with van der Waals surface area (Å²) in [4.78, 5) is 0. The van der Waals surface area contributed by atoms with Crippen molar-refractivity contribution in [3.8, 4) is 5.75 Å². The lowest BCUT2D eigenvalue weighted by molar-refractivity contribution is 0.173. The molecule has 0 spiro atoms. The van der Waals surface area contributed by atoms with Gasteiger partial charge in [0.1, 0.15) is 5.82 Å². The summed E-state index contributed by atoms with van der Waals surface area (Å²) in [6.07, 6.45) is 4.13. The van der Waals surface area contributed by atoms with Gasteiger partial charge in [0.2, 0.25) is 0 Å². The first kappa shape index (κ1) is 14.3. The maximum absolute atomic E-state index is 13.9. The van der Waals surface area contributed by atoms with Crippen molar-refractivity contribution in [2.24, 2.45) is 11.3 Å². The maximum atomic E-state index is 13.9. The van der Waals surface area contributed by atoms with E-state index in [0.29, 0.717) is 24.5 Å². The van der Waals surface area contributed by atoms with Gasteiger partial charge in [0.25, 0.3) is 0 Å². The molecule has 0 aromatic heterocycles. The van der Waals surface area contributed by atoms with Crippen molar-refractivity contribution in [1.82, 2.24) is 0 Å². The zero-order chi connectivity index (χ0) is 14.0. The van der Waals surface area contributed by atoms with Gasteiger partial charge in [-0.15, -0.1) is 0 Å². The molecule has 1 nitrogen and oxygen atoms in total. The molecule has 0 radical (unpaired) electrons. The molecule has 0 bridgehead atoms. The summed E-state index contributed by atoms with van der Waals surface area (Å²) < 4.78 is 32.9. The van der Waals surface area contributed by atoms with Gasteiger partial charge in [0.15, 0.2) is 11.6 Å². The van der Waals surface area contributed by atoms with Crippen LogP contribution < -0.4 is 4.74 Å². The van der Waals surface area contributed by atoms with Crippen LogP contribution in [-0.4, -0.2) is 6.61 Å². The van der Waals surface area contributed by atoms with Crippen LogP contribution in [0.5, 0.6) is 5.75 Å². The lowest BCUT2D eigenvalue weighted by Crippen LogP contribution is -2.20. The second kappa shape index (κ2) is 5.48. The minimum absolute atomic E-state index is 0.0329. The van der Waals surface area contributed by atoms with Crippen LogP contribution in [0.4, 0.5) is 8.78 Å². The van der Waals surface area contributed by atoms with Gasteiger partial charge < -0.3 is 4.74 Å². The molecule has 1 saturated carbocycles. The van der Waals surface area contributed by atoms with E-state index in [1.807, 2.05) is 20.8 Å². The van der Waals surface area contributed by atoms with E-state index in [2.05, 4.69) is 0 Å². The molecule has 19 heavy (non-hydrogen) atoms. The second-order valence-electron chi connectivity index (χ2n) is 6.72. The zero-order valence-electron chi connectivity index (χ0n) is 11.9. The Hall–Kier alpha value is -1.12. The van der Waals surface area contributed by atoms with E-state index in [1.165, 1.54) is 12.5 Å². The quantitative estimate of drug-likeness (QED) is 0.767. The van der Waals surface area contributed by atoms with E-state index < -0.39 is 11.6 Å². The van der Waals surface area contributed by atoms with Crippen molar-refractivity contribution >= 4 is 0 Å². The molecule has 1 aliphatic carbocycles. The summed E-state index contributed by atoms with van der Waals surface area (Å²) in [5.74, 6) is -0.346. The number of hydrogen-bond acceptors (Lipinski definition) is 1. The monoisotopic (exact) mass is 268 g/mol. The standard InChI is InChI=1S/C16H22F2O/c1-16(2,3)9-12-7-13(17)8-14(18)15(12)19-10-11-5-4-6-11/h7-8,11H,4-6,9-10H2,1-3H3. The van der Waals surface area contributed by atoms with Gasteiger partial charge >= 0.3 is 0 Å². The van der Waals surface area contributed by atoms with Gasteiger partial charge in [-0.1, -0.05) is 27.2 Å². The molecule has 0 aliphatic heterocycles. The van der Waals surface area contributed by atoms with Crippen LogP contribution in [0, 0.1) is 23.0 Å².